The van der Waals surface area contributed by atoms with E-state index >= 15 is 0 Å². The van der Waals surface area contributed by atoms with E-state index in [-0.39, 0.29) is 0 Å². The van der Waals surface area contributed by atoms with Crippen molar-refractivity contribution in [2.75, 3.05) is 0 Å². The highest BCUT2D eigenvalue weighted by Gasteiger charge is 1.70. The molecule has 0 spiro atoms. The Bertz CT molecular complexity index is 191. The van der Waals surface area contributed by atoms with Gasteiger partial charge in [-0.3, -0.25) is 0 Å². The second-order valence-electron chi connectivity index (χ2n) is 1.81. The Hall–Kier alpha value is -0.710. The summed E-state index contributed by atoms with van der Waals surface area (Å²) < 4.78 is 0. The van der Waals surface area contributed by atoms with Gasteiger partial charge in [0, 0.05) is 5.54 Å². The molecule has 0 saturated heterocycles. The smallest absolute Gasteiger partial charge is 0.00486 e. The average molecular weight is 215 g/mol. The van der Waals surface area contributed by atoms with Gasteiger partial charge in [0.2, 0.25) is 0 Å². The summed E-state index contributed by atoms with van der Waals surface area (Å²) in [7, 11) is 0. The summed E-state index contributed by atoms with van der Waals surface area (Å²) in [5.41, 5.74) is 5.57. The van der Waals surface area contributed by atoms with E-state index in [1.54, 1.807) is 12.2 Å². The largest absolute Gasteiger partial charge is 0.118 e. The van der Waals surface area contributed by atoms with Gasteiger partial charge in [-0.15, -0.1) is 5.73 Å². The van der Waals surface area contributed by atoms with Gasteiger partial charge in [0.05, 0.1) is 0 Å². The molecule has 0 aliphatic heterocycles. The molecular weight excluding hydrogens is 192 g/mol. The molecule has 0 aromatic heterocycles. The van der Waals surface area contributed by atoms with Crippen molar-refractivity contribution in [1.82, 2.24) is 0 Å². The Morgan fingerprint density at radius 2 is 1.64 bits per heavy atom. The maximum absolute atomic E-state index is 5.28. The van der Waals surface area contributed by atoms with Crippen LogP contribution in [-0.4, -0.2) is 0 Å². The molecule has 82 valence electrons. The van der Waals surface area contributed by atoms with Crippen LogP contribution in [-0.2, 0) is 0 Å². The molecule has 0 bridgehead atoms. The third-order valence-electron chi connectivity index (χ3n) is 0.897. The lowest BCUT2D eigenvalue weighted by Crippen LogP contribution is -1.59. The van der Waals surface area contributed by atoms with Crippen molar-refractivity contribution < 1.29 is 0 Å². The zero-order chi connectivity index (χ0) is 11.8. The highest BCUT2D eigenvalue weighted by molar-refractivity contribution is 6.25. The number of allylic oxidation sites excluding steroid dienone is 4. The van der Waals surface area contributed by atoms with Crippen molar-refractivity contribution in [2.24, 2.45) is 0 Å². The van der Waals surface area contributed by atoms with Crippen molar-refractivity contribution >= 4 is 11.6 Å². The highest BCUT2D eigenvalue weighted by Crippen LogP contribution is 1.91. The van der Waals surface area contributed by atoms with Gasteiger partial charge in [-0.05, 0) is 31.6 Å². The first kappa shape index (κ1) is 19.0. The van der Waals surface area contributed by atoms with Crippen LogP contribution in [0.5, 0.6) is 0 Å². The van der Waals surface area contributed by atoms with Crippen LogP contribution in [0.25, 0.3) is 0 Å². The summed E-state index contributed by atoms with van der Waals surface area (Å²) in [6, 6.07) is 0. The van der Waals surface area contributed by atoms with Gasteiger partial charge < -0.3 is 0 Å². The lowest BCUT2D eigenvalue weighted by Gasteiger charge is -1.78. The Morgan fingerprint density at radius 1 is 1.14 bits per heavy atom. The Morgan fingerprint density at radius 3 is 2.00 bits per heavy atom. The van der Waals surface area contributed by atoms with Gasteiger partial charge in [-0.25, -0.2) is 0 Å². The summed E-state index contributed by atoms with van der Waals surface area (Å²) in [6.07, 6.45) is 7.47. The first-order valence-corrected chi connectivity index (χ1v) is 5.56. The molecule has 0 radical (unpaired) electrons. The number of rotatable bonds is 2. The molecule has 14 heavy (non-hydrogen) atoms. The van der Waals surface area contributed by atoms with Gasteiger partial charge in [0.1, 0.15) is 0 Å². The zero-order valence-electron chi connectivity index (χ0n) is 10.3. The number of halogens is 1. The minimum Gasteiger partial charge on any atom is -0.118 e. The summed E-state index contributed by atoms with van der Waals surface area (Å²) in [5.74, 6) is 0. The molecule has 0 aromatic carbocycles. The Kier molecular flexibility index (Phi) is 30.9. The lowest BCUT2D eigenvalue weighted by atomic mass is 10.3. The van der Waals surface area contributed by atoms with Crippen molar-refractivity contribution in [3.05, 3.63) is 41.1 Å². The van der Waals surface area contributed by atoms with Crippen LogP contribution in [0.3, 0.4) is 0 Å². The van der Waals surface area contributed by atoms with Crippen LogP contribution < -0.4 is 0 Å². The summed E-state index contributed by atoms with van der Waals surface area (Å²) >= 11 is 5.28. The summed E-state index contributed by atoms with van der Waals surface area (Å²) in [5, 5.41) is 0. The fourth-order valence-corrected chi connectivity index (χ4v) is 0.587. The highest BCUT2D eigenvalue weighted by atomic mass is 35.5. The van der Waals surface area contributed by atoms with E-state index in [1.165, 1.54) is 5.54 Å². The molecule has 0 fully saturated rings. The third kappa shape index (κ3) is 22.5. The normalized spacial score (nSPS) is 8.21. The SMILES string of the molecule is C/C=C\C(C)=C=C/C=C/Cl.CC.CC. The fourth-order valence-electron chi connectivity index (χ4n) is 0.514. The third-order valence-corrected chi connectivity index (χ3v) is 1.04. The molecule has 0 nitrogen and oxygen atoms in total. The first-order chi connectivity index (χ1) is 6.81. The van der Waals surface area contributed by atoms with Gasteiger partial charge in [-0.1, -0.05) is 51.4 Å². The minimum absolute atomic E-state index is 1.09. The van der Waals surface area contributed by atoms with Crippen molar-refractivity contribution in [3.63, 3.8) is 0 Å². The molecule has 0 aromatic rings. The quantitative estimate of drug-likeness (QED) is 0.423. The average Bonchev–Trinajstić information content (AvgIpc) is 2.25. The molecule has 0 rings (SSSR count). The minimum atomic E-state index is 1.09. The van der Waals surface area contributed by atoms with E-state index in [9.17, 15) is 0 Å². The maximum atomic E-state index is 5.28. The van der Waals surface area contributed by atoms with E-state index in [0.717, 1.165) is 5.57 Å². The molecule has 0 heterocycles. The predicted molar refractivity (Wildman–Crippen MR) is 69.8 cm³/mol. The van der Waals surface area contributed by atoms with Crippen LogP contribution in [0.1, 0.15) is 41.5 Å². The predicted octanol–water partition coefficient (Wildman–Crippen LogP) is 5.47. The number of hydrogen-bond donors (Lipinski definition) is 0. The van der Waals surface area contributed by atoms with Crippen LogP contribution in [0.15, 0.2) is 41.1 Å². The molecule has 0 atom stereocenters. The molecule has 0 unspecified atom stereocenters. The van der Waals surface area contributed by atoms with Gasteiger partial charge in [-0.2, -0.15) is 0 Å². The van der Waals surface area contributed by atoms with Crippen LogP contribution in [0.2, 0.25) is 0 Å². The lowest BCUT2D eigenvalue weighted by molar-refractivity contribution is 1.50. The van der Waals surface area contributed by atoms with Crippen LogP contribution in [0.4, 0.5) is 0 Å². The van der Waals surface area contributed by atoms with Crippen LogP contribution in [0, 0.1) is 0 Å². The van der Waals surface area contributed by atoms with Gasteiger partial charge in [0.25, 0.3) is 0 Å². The molecule has 0 N–H and O–H groups in total. The second-order valence-corrected chi connectivity index (χ2v) is 2.06. The monoisotopic (exact) mass is 214 g/mol. The second kappa shape index (κ2) is 22.8. The van der Waals surface area contributed by atoms with Gasteiger partial charge >= 0.3 is 0 Å². The summed E-state index contributed by atoms with van der Waals surface area (Å²) in [4.78, 5) is 0. The molecule has 0 aliphatic rings. The van der Waals surface area contributed by atoms with Crippen molar-refractivity contribution in [3.8, 4) is 0 Å². The Labute approximate surface area is 94.7 Å². The van der Waals surface area contributed by atoms with E-state index in [0.29, 0.717) is 0 Å². The van der Waals surface area contributed by atoms with Gasteiger partial charge in [0.15, 0.2) is 0 Å². The van der Waals surface area contributed by atoms with Crippen molar-refractivity contribution in [2.45, 2.75) is 41.5 Å². The molecule has 0 amide bonds. The molecule has 0 aliphatic carbocycles. The first-order valence-electron chi connectivity index (χ1n) is 5.12. The zero-order valence-corrected chi connectivity index (χ0v) is 11.0. The van der Waals surface area contributed by atoms with E-state index in [4.69, 9.17) is 11.6 Å². The topological polar surface area (TPSA) is 0 Å². The summed E-state index contributed by atoms with van der Waals surface area (Å²) in [6.45, 7) is 12.0. The standard InChI is InChI=1S/C9H11Cl.2C2H6/c1-3-6-9(2)7-4-5-8-10;2*1-2/h3-6,8H,1-2H3;2*1-2H3/b6-3-,8-5+;;. The van der Waals surface area contributed by atoms with E-state index in [2.05, 4.69) is 5.73 Å². The fraction of sp³-hybridized carbons (Fsp3) is 0.462. The molecular formula is C13H23Cl. The maximum Gasteiger partial charge on any atom is 0.00486 e. The van der Waals surface area contributed by atoms with E-state index < -0.39 is 0 Å². The number of hydrogen-bond acceptors (Lipinski definition) is 0. The molecule has 0 saturated carbocycles. The van der Waals surface area contributed by atoms with Crippen LogP contribution >= 0.6 is 11.6 Å². The van der Waals surface area contributed by atoms with Crippen molar-refractivity contribution in [1.29, 1.82) is 0 Å². The van der Waals surface area contributed by atoms with E-state index in [1.807, 2.05) is 53.7 Å². The Balaban J connectivity index is -0.000000266. The molecule has 1 heteroatoms.